The summed E-state index contributed by atoms with van der Waals surface area (Å²) in [7, 11) is 0. The minimum absolute atomic E-state index is 0.202. The number of carbonyl (C=O) groups excluding carboxylic acids is 1. The number of hydrogen-bond acceptors (Lipinski definition) is 3. The van der Waals surface area contributed by atoms with Gasteiger partial charge in [0.05, 0.1) is 0 Å². The molecular formula is C17H25ClN4O. The Morgan fingerprint density at radius 3 is 2.57 bits per heavy atom. The smallest absolute Gasteiger partial charge is 0.312 e. The van der Waals surface area contributed by atoms with Crippen LogP contribution in [0.2, 0.25) is 5.02 Å². The van der Waals surface area contributed by atoms with Crippen LogP contribution in [-0.4, -0.2) is 43.2 Å². The Hall–Kier alpha value is -1.46. The molecule has 0 saturated carbocycles. The standard InChI is InChI=1S/C17H25ClN4O/c18-15-4-3-5-16(22-8-1-2-9-22)14(15)12-21-10-6-13(7-11-21)20-17(19)23/h3-5,13H,1-2,6-12H2,(H3,19,20,23). The highest BCUT2D eigenvalue weighted by Crippen LogP contribution is 2.31. The fraction of sp³-hybridized carbons (Fsp3) is 0.588. The van der Waals surface area contributed by atoms with Crippen LogP contribution in [0.1, 0.15) is 31.2 Å². The van der Waals surface area contributed by atoms with Gasteiger partial charge in [0.1, 0.15) is 0 Å². The molecule has 0 bridgehead atoms. The molecule has 5 nitrogen and oxygen atoms in total. The highest BCUT2D eigenvalue weighted by Gasteiger charge is 2.23. The van der Waals surface area contributed by atoms with Gasteiger partial charge in [0.15, 0.2) is 0 Å². The van der Waals surface area contributed by atoms with Crippen LogP contribution in [0.3, 0.4) is 0 Å². The number of benzene rings is 1. The lowest BCUT2D eigenvalue weighted by atomic mass is 10.0. The van der Waals surface area contributed by atoms with Crippen molar-refractivity contribution in [1.82, 2.24) is 10.2 Å². The SMILES string of the molecule is NC(=O)NC1CCN(Cc2c(Cl)cccc2N2CCCC2)CC1. The van der Waals surface area contributed by atoms with Crippen molar-refractivity contribution in [1.29, 1.82) is 0 Å². The van der Waals surface area contributed by atoms with E-state index in [-0.39, 0.29) is 6.04 Å². The average molecular weight is 337 g/mol. The van der Waals surface area contributed by atoms with Crippen molar-refractivity contribution in [3.8, 4) is 0 Å². The Balaban J connectivity index is 1.65. The maximum atomic E-state index is 11.0. The first-order valence-electron chi connectivity index (χ1n) is 8.44. The Bertz CT molecular complexity index is 552. The van der Waals surface area contributed by atoms with Crippen LogP contribution in [0, 0.1) is 0 Å². The maximum Gasteiger partial charge on any atom is 0.312 e. The summed E-state index contributed by atoms with van der Waals surface area (Å²) >= 11 is 6.50. The number of anilines is 1. The summed E-state index contributed by atoms with van der Waals surface area (Å²) in [6.07, 6.45) is 4.39. The van der Waals surface area contributed by atoms with Crippen molar-refractivity contribution in [2.75, 3.05) is 31.1 Å². The second-order valence-electron chi connectivity index (χ2n) is 6.49. The lowest BCUT2D eigenvalue weighted by Crippen LogP contribution is -2.46. The Morgan fingerprint density at radius 1 is 1.22 bits per heavy atom. The van der Waals surface area contributed by atoms with Crippen LogP contribution in [0.15, 0.2) is 18.2 Å². The molecule has 3 rings (SSSR count). The van der Waals surface area contributed by atoms with Crippen LogP contribution in [0.25, 0.3) is 0 Å². The Labute approximate surface area is 142 Å². The zero-order chi connectivity index (χ0) is 16.2. The first-order valence-corrected chi connectivity index (χ1v) is 8.82. The molecule has 1 aromatic carbocycles. The van der Waals surface area contributed by atoms with Gasteiger partial charge in [-0.3, -0.25) is 4.90 Å². The van der Waals surface area contributed by atoms with Crippen molar-refractivity contribution in [3.63, 3.8) is 0 Å². The number of carbonyl (C=O) groups is 1. The summed E-state index contributed by atoms with van der Waals surface area (Å²) < 4.78 is 0. The van der Waals surface area contributed by atoms with E-state index in [1.165, 1.54) is 24.1 Å². The highest BCUT2D eigenvalue weighted by atomic mass is 35.5. The summed E-state index contributed by atoms with van der Waals surface area (Å²) in [5.74, 6) is 0. The average Bonchev–Trinajstić information content (AvgIpc) is 3.05. The third kappa shape index (κ3) is 4.09. The maximum absolute atomic E-state index is 11.0. The van der Waals surface area contributed by atoms with Crippen molar-refractivity contribution < 1.29 is 4.79 Å². The number of rotatable bonds is 4. The van der Waals surface area contributed by atoms with E-state index in [4.69, 9.17) is 17.3 Å². The van der Waals surface area contributed by atoms with Crippen LogP contribution in [0.5, 0.6) is 0 Å². The largest absolute Gasteiger partial charge is 0.371 e. The fourth-order valence-corrected chi connectivity index (χ4v) is 3.85. The molecule has 0 unspecified atom stereocenters. The van der Waals surface area contributed by atoms with Gasteiger partial charge in [0.25, 0.3) is 0 Å². The van der Waals surface area contributed by atoms with Gasteiger partial charge in [0.2, 0.25) is 0 Å². The summed E-state index contributed by atoms with van der Waals surface area (Å²) in [4.78, 5) is 15.8. The van der Waals surface area contributed by atoms with E-state index in [2.05, 4.69) is 21.2 Å². The van der Waals surface area contributed by atoms with Gasteiger partial charge in [-0.15, -0.1) is 0 Å². The van der Waals surface area contributed by atoms with Crippen molar-refractivity contribution >= 4 is 23.3 Å². The van der Waals surface area contributed by atoms with E-state index in [9.17, 15) is 4.79 Å². The van der Waals surface area contributed by atoms with Gasteiger partial charge in [0, 0.05) is 55.0 Å². The number of nitrogens with two attached hydrogens (primary N) is 1. The molecule has 6 heteroatoms. The molecule has 2 saturated heterocycles. The van der Waals surface area contributed by atoms with Crippen LogP contribution >= 0.6 is 11.6 Å². The molecule has 2 aliphatic rings. The van der Waals surface area contributed by atoms with E-state index in [0.29, 0.717) is 0 Å². The number of primary amides is 1. The predicted octanol–water partition coefficient (Wildman–Crippen LogP) is 2.57. The van der Waals surface area contributed by atoms with Gasteiger partial charge in [-0.1, -0.05) is 17.7 Å². The van der Waals surface area contributed by atoms with Crippen molar-refractivity contribution in [3.05, 3.63) is 28.8 Å². The number of piperidine rings is 1. The highest BCUT2D eigenvalue weighted by molar-refractivity contribution is 6.31. The van der Waals surface area contributed by atoms with Gasteiger partial charge >= 0.3 is 6.03 Å². The summed E-state index contributed by atoms with van der Waals surface area (Å²) in [6.45, 7) is 5.02. The molecule has 0 radical (unpaired) electrons. The number of urea groups is 1. The first kappa shape index (κ1) is 16.4. The van der Waals surface area contributed by atoms with Gasteiger partial charge in [-0.2, -0.15) is 0 Å². The minimum atomic E-state index is -0.425. The normalized spacial score (nSPS) is 20.0. The minimum Gasteiger partial charge on any atom is -0.371 e. The van der Waals surface area contributed by atoms with Gasteiger partial charge < -0.3 is 16.0 Å². The fourth-order valence-electron chi connectivity index (χ4n) is 3.62. The van der Waals surface area contributed by atoms with E-state index in [1.54, 1.807) is 0 Å². The van der Waals surface area contributed by atoms with Gasteiger partial charge in [-0.05, 0) is 37.8 Å². The number of likely N-dealkylation sites (tertiary alicyclic amines) is 1. The topological polar surface area (TPSA) is 61.6 Å². The zero-order valence-corrected chi connectivity index (χ0v) is 14.2. The summed E-state index contributed by atoms with van der Waals surface area (Å²) in [6, 6.07) is 5.99. The molecule has 1 aromatic rings. The molecule has 23 heavy (non-hydrogen) atoms. The Morgan fingerprint density at radius 2 is 1.91 bits per heavy atom. The third-order valence-corrected chi connectivity index (χ3v) is 5.21. The molecule has 2 aliphatic heterocycles. The lowest BCUT2D eigenvalue weighted by Gasteiger charge is -2.33. The van der Waals surface area contributed by atoms with Gasteiger partial charge in [-0.25, -0.2) is 4.79 Å². The lowest BCUT2D eigenvalue weighted by molar-refractivity contribution is 0.189. The molecule has 2 fully saturated rings. The quantitative estimate of drug-likeness (QED) is 0.888. The summed E-state index contributed by atoms with van der Waals surface area (Å²) in [5.41, 5.74) is 7.72. The first-order chi connectivity index (χ1) is 11.1. The number of amides is 2. The number of nitrogens with one attached hydrogen (secondary N) is 1. The molecule has 0 spiro atoms. The predicted molar refractivity (Wildman–Crippen MR) is 93.9 cm³/mol. The molecule has 2 amide bonds. The van der Waals surface area contributed by atoms with Crippen LogP contribution < -0.4 is 16.0 Å². The van der Waals surface area contributed by atoms with E-state index >= 15 is 0 Å². The Kier molecular flexibility index (Phi) is 5.28. The zero-order valence-electron chi connectivity index (χ0n) is 13.4. The molecule has 126 valence electrons. The van der Waals surface area contributed by atoms with Crippen molar-refractivity contribution in [2.24, 2.45) is 5.73 Å². The second-order valence-corrected chi connectivity index (χ2v) is 6.90. The summed E-state index contributed by atoms with van der Waals surface area (Å²) in [5, 5.41) is 3.67. The third-order valence-electron chi connectivity index (χ3n) is 4.86. The molecule has 0 atom stereocenters. The number of halogens is 1. The molecule has 2 heterocycles. The van der Waals surface area contributed by atoms with E-state index in [0.717, 1.165) is 50.6 Å². The monoisotopic (exact) mass is 336 g/mol. The van der Waals surface area contributed by atoms with Crippen molar-refractivity contribution in [2.45, 2.75) is 38.3 Å². The van der Waals surface area contributed by atoms with Crippen LogP contribution in [-0.2, 0) is 6.54 Å². The number of hydrogen-bond donors (Lipinski definition) is 2. The van der Waals surface area contributed by atoms with E-state index < -0.39 is 6.03 Å². The number of nitrogens with zero attached hydrogens (tertiary/aromatic N) is 2. The second kappa shape index (κ2) is 7.41. The molecular weight excluding hydrogens is 312 g/mol. The molecule has 0 aliphatic carbocycles. The molecule has 0 aromatic heterocycles. The van der Waals surface area contributed by atoms with E-state index in [1.807, 2.05) is 12.1 Å². The molecule has 3 N–H and O–H groups in total. The van der Waals surface area contributed by atoms with Crippen LogP contribution in [0.4, 0.5) is 10.5 Å².